The number of hydrogen-bond acceptors (Lipinski definition) is 4. The van der Waals surface area contributed by atoms with Crippen molar-refractivity contribution in [1.29, 1.82) is 0 Å². The molecule has 1 atom stereocenters. The molecule has 0 aromatic carbocycles. The molecule has 0 bridgehead atoms. The van der Waals surface area contributed by atoms with E-state index in [1.54, 1.807) is 7.11 Å². The van der Waals surface area contributed by atoms with E-state index in [0.29, 0.717) is 19.6 Å². The van der Waals surface area contributed by atoms with E-state index in [4.69, 9.17) is 10.5 Å². The van der Waals surface area contributed by atoms with Crippen molar-refractivity contribution in [2.24, 2.45) is 11.1 Å². The van der Waals surface area contributed by atoms with Gasteiger partial charge in [-0.1, -0.05) is 20.8 Å². The van der Waals surface area contributed by atoms with Gasteiger partial charge in [0.25, 0.3) is 0 Å². The maximum Gasteiger partial charge on any atom is 0.221 e. The SMILES string of the molecule is COCCN(C)CCNC(=O)CC(N)CC(C)(C)C. The molecule has 0 aliphatic carbocycles. The van der Waals surface area contributed by atoms with Crippen LogP contribution in [-0.2, 0) is 9.53 Å². The van der Waals surface area contributed by atoms with Crippen molar-refractivity contribution in [2.75, 3.05) is 40.4 Å². The molecule has 0 rings (SSSR count). The van der Waals surface area contributed by atoms with Crippen molar-refractivity contribution in [3.8, 4) is 0 Å². The predicted octanol–water partition coefficient (Wildman–Crippen LogP) is 0.834. The van der Waals surface area contributed by atoms with E-state index in [2.05, 4.69) is 31.0 Å². The molecule has 0 saturated carbocycles. The molecular weight excluding hydrogens is 242 g/mol. The molecule has 1 amide bonds. The van der Waals surface area contributed by atoms with E-state index < -0.39 is 0 Å². The van der Waals surface area contributed by atoms with Crippen LogP contribution in [0.4, 0.5) is 0 Å². The number of nitrogens with one attached hydrogen (secondary N) is 1. The van der Waals surface area contributed by atoms with Crippen molar-refractivity contribution in [3.05, 3.63) is 0 Å². The molecule has 0 aromatic rings. The first kappa shape index (κ1) is 18.4. The summed E-state index contributed by atoms with van der Waals surface area (Å²) in [6.07, 6.45) is 1.26. The van der Waals surface area contributed by atoms with Crippen LogP contribution in [0.3, 0.4) is 0 Å². The summed E-state index contributed by atoms with van der Waals surface area (Å²) in [5.41, 5.74) is 6.14. The Morgan fingerprint density at radius 3 is 2.53 bits per heavy atom. The van der Waals surface area contributed by atoms with Crippen LogP contribution in [-0.4, -0.2) is 57.2 Å². The highest BCUT2D eigenvalue weighted by Crippen LogP contribution is 2.20. The number of amides is 1. The summed E-state index contributed by atoms with van der Waals surface area (Å²) < 4.78 is 4.99. The number of nitrogens with zero attached hydrogens (tertiary/aromatic N) is 1. The smallest absolute Gasteiger partial charge is 0.221 e. The third kappa shape index (κ3) is 12.1. The van der Waals surface area contributed by atoms with Crippen LogP contribution in [0.15, 0.2) is 0 Å². The van der Waals surface area contributed by atoms with Crippen molar-refractivity contribution < 1.29 is 9.53 Å². The number of hydrogen-bond donors (Lipinski definition) is 2. The molecule has 0 aliphatic rings. The zero-order valence-electron chi connectivity index (χ0n) is 13.2. The summed E-state index contributed by atoms with van der Waals surface area (Å²) in [6, 6.07) is -0.0637. The second-order valence-electron chi connectivity index (χ2n) is 6.38. The molecule has 114 valence electrons. The number of carbonyl (C=O) groups excluding carboxylic acids is 1. The molecule has 0 aromatic heterocycles. The average Bonchev–Trinajstić information content (AvgIpc) is 2.23. The van der Waals surface area contributed by atoms with Gasteiger partial charge in [-0.15, -0.1) is 0 Å². The van der Waals surface area contributed by atoms with Gasteiger partial charge in [0.2, 0.25) is 5.91 Å². The minimum Gasteiger partial charge on any atom is -0.383 e. The van der Waals surface area contributed by atoms with Crippen molar-refractivity contribution in [2.45, 2.75) is 39.7 Å². The minimum absolute atomic E-state index is 0.0388. The third-order valence-corrected chi connectivity index (χ3v) is 2.81. The number of rotatable bonds is 9. The van der Waals surface area contributed by atoms with E-state index in [-0.39, 0.29) is 17.4 Å². The van der Waals surface area contributed by atoms with Crippen LogP contribution in [0, 0.1) is 5.41 Å². The van der Waals surface area contributed by atoms with E-state index >= 15 is 0 Å². The van der Waals surface area contributed by atoms with Gasteiger partial charge in [0.15, 0.2) is 0 Å². The van der Waals surface area contributed by atoms with Crippen LogP contribution in [0.1, 0.15) is 33.6 Å². The molecule has 0 radical (unpaired) electrons. The number of likely N-dealkylation sites (N-methyl/N-ethyl adjacent to an activating group) is 1. The lowest BCUT2D eigenvalue weighted by Crippen LogP contribution is -2.38. The van der Waals surface area contributed by atoms with Gasteiger partial charge >= 0.3 is 0 Å². The van der Waals surface area contributed by atoms with Crippen LogP contribution in [0.25, 0.3) is 0 Å². The molecule has 0 aliphatic heterocycles. The monoisotopic (exact) mass is 273 g/mol. The molecule has 5 nitrogen and oxygen atoms in total. The topological polar surface area (TPSA) is 67.6 Å². The first-order valence-electron chi connectivity index (χ1n) is 6.94. The fraction of sp³-hybridized carbons (Fsp3) is 0.929. The lowest BCUT2D eigenvalue weighted by atomic mass is 9.87. The Hall–Kier alpha value is -0.650. The predicted molar refractivity (Wildman–Crippen MR) is 79.0 cm³/mol. The molecule has 0 spiro atoms. The second-order valence-corrected chi connectivity index (χ2v) is 6.38. The molecule has 1 unspecified atom stereocenters. The van der Waals surface area contributed by atoms with Gasteiger partial charge in [0.1, 0.15) is 0 Å². The van der Waals surface area contributed by atoms with Crippen LogP contribution in [0.5, 0.6) is 0 Å². The van der Waals surface area contributed by atoms with Gasteiger partial charge in [-0.05, 0) is 18.9 Å². The van der Waals surface area contributed by atoms with Crippen LogP contribution in [0.2, 0.25) is 0 Å². The van der Waals surface area contributed by atoms with Crippen molar-refractivity contribution in [3.63, 3.8) is 0 Å². The zero-order chi connectivity index (χ0) is 14.9. The van der Waals surface area contributed by atoms with Gasteiger partial charge < -0.3 is 20.7 Å². The highest BCUT2D eigenvalue weighted by molar-refractivity contribution is 5.76. The zero-order valence-corrected chi connectivity index (χ0v) is 13.2. The number of ether oxygens (including phenoxy) is 1. The largest absolute Gasteiger partial charge is 0.383 e. The fourth-order valence-corrected chi connectivity index (χ4v) is 1.91. The van der Waals surface area contributed by atoms with Crippen LogP contribution < -0.4 is 11.1 Å². The highest BCUT2D eigenvalue weighted by Gasteiger charge is 2.17. The van der Waals surface area contributed by atoms with Crippen molar-refractivity contribution >= 4 is 5.91 Å². The normalized spacial score (nSPS) is 13.6. The maximum absolute atomic E-state index is 11.7. The summed E-state index contributed by atoms with van der Waals surface area (Å²) in [4.78, 5) is 13.8. The van der Waals surface area contributed by atoms with Gasteiger partial charge in [0, 0.05) is 39.2 Å². The number of nitrogens with two attached hydrogens (primary N) is 1. The average molecular weight is 273 g/mol. The van der Waals surface area contributed by atoms with E-state index in [1.165, 1.54) is 0 Å². The first-order valence-corrected chi connectivity index (χ1v) is 6.94. The Morgan fingerprint density at radius 1 is 1.37 bits per heavy atom. The van der Waals surface area contributed by atoms with E-state index in [0.717, 1.165) is 19.5 Å². The van der Waals surface area contributed by atoms with Crippen molar-refractivity contribution in [1.82, 2.24) is 10.2 Å². The van der Waals surface area contributed by atoms with Crippen LogP contribution >= 0.6 is 0 Å². The summed E-state index contributed by atoms with van der Waals surface area (Å²) >= 11 is 0. The molecule has 19 heavy (non-hydrogen) atoms. The summed E-state index contributed by atoms with van der Waals surface area (Å²) in [5, 5.41) is 2.91. The van der Waals surface area contributed by atoms with Gasteiger partial charge in [-0.25, -0.2) is 0 Å². The van der Waals surface area contributed by atoms with Gasteiger partial charge in [-0.3, -0.25) is 4.79 Å². The number of methoxy groups -OCH3 is 1. The third-order valence-electron chi connectivity index (χ3n) is 2.81. The first-order chi connectivity index (χ1) is 8.74. The molecule has 0 fully saturated rings. The maximum atomic E-state index is 11.7. The number of carbonyl (C=O) groups is 1. The second kappa shape index (κ2) is 9.28. The molecule has 0 saturated heterocycles. The van der Waals surface area contributed by atoms with E-state index in [1.807, 2.05) is 7.05 Å². The Bertz CT molecular complexity index is 252. The Morgan fingerprint density at radius 2 is 2.00 bits per heavy atom. The molecule has 0 heterocycles. The molecule has 5 heteroatoms. The van der Waals surface area contributed by atoms with E-state index in [9.17, 15) is 4.79 Å². The Labute approximate surface area is 117 Å². The Balaban J connectivity index is 3.69. The Kier molecular flexibility index (Phi) is 8.97. The van der Waals surface area contributed by atoms with Gasteiger partial charge in [-0.2, -0.15) is 0 Å². The van der Waals surface area contributed by atoms with Gasteiger partial charge in [0.05, 0.1) is 6.61 Å². The summed E-state index contributed by atoms with van der Waals surface area (Å²) in [5.74, 6) is 0.0388. The lowest BCUT2D eigenvalue weighted by molar-refractivity contribution is -0.121. The lowest BCUT2D eigenvalue weighted by Gasteiger charge is -2.23. The molecule has 3 N–H and O–H groups in total. The quantitative estimate of drug-likeness (QED) is 0.653. The fourth-order valence-electron chi connectivity index (χ4n) is 1.91. The minimum atomic E-state index is -0.0637. The summed E-state index contributed by atoms with van der Waals surface area (Å²) in [6.45, 7) is 9.46. The standard InChI is InChI=1S/C14H31N3O2/c1-14(2,3)11-12(15)10-13(18)16-6-7-17(4)8-9-19-5/h12H,6-11,15H2,1-5H3,(H,16,18). The highest BCUT2D eigenvalue weighted by atomic mass is 16.5. The molecular formula is C14H31N3O2. The summed E-state index contributed by atoms with van der Waals surface area (Å²) in [7, 11) is 3.70.